The van der Waals surface area contributed by atoms with E-state index >= 15 is 0 Å². The van der Waals surface area contributed by atoms with Gasteiger partial charge in [-0.05, 0) is 24.1 Å². The van der Waals surface area contributed by atoms with Gasteiger partial charge in [-0.2, -0.15) is 15.0 Å². The fourth-order valence-corrected chi connectivity index (χ4v) is 2.16. The van der Waals surface area contributed by atoms with E-state index in [4.69, 9.17) is 4.74 Å². The maximum atomic E-state index is 11.3. The highest BCUT2D eigenvalue weighted by atomic mass is 16.5. The lowest BCUT2D eigenvalue weighted by Crippen LogP contribution is -2.46. The molecule has 0 aliphatic carbocycles. The van der Waals surface area contributed by atoms with Crippen molar-refractivity contribution in [2.45, 2.75) is 12.5 Å². The van der Waals surface area contributed by atoms with E-state index in [1.807, 2.05) is 24.3 Å². The highest BCUT2D eigenvalue weighted by molar-refractivity contribution is 5.78. The molecule has 3 rings (SSSR count). The van der Waals surface area contributed by atoms with E-state index in [9.17, 15) is 4.79 Å². The van der Waals surface area contributed by atoms with Gasteiger partial charge in [-0.15, -0.1) is 0 Å². The minimum atomic E-state index is -0.0545. The molecule has 1 aliphatic heterocycles. The summed E-state index contributed by atoms with van der Waals surface area (Å²) < 4.78 is 5.23. The zero-order chi connectivity index (χ0) is 13.1. The van der Waals surface area contributed by atoms with Gasteiger partial charge in [0.2, 0.25) is 5.91 Å². The van der Waals surface area contributed by atoms with Crippen LogP contribution in [0, 0.1) is 0 Å². The van der Waals surface area contributed by atoms with Crippen LogP contribution in [0.3, 0.4) is 0 Å². The predicted molar refractivity (Wildman–Crippen MR) is 67.8 cm³/mol. The standard InChI is InChI=1S/C13H14N4O2/c18-13-9-19-8-11(16-13)6-10-2-1-3-12(7-10)17-14-4-5-15-17/h1-5,7,11H,6,8-9H2,(H,16,18)/t11-/m0/s1. The minimum absolute atomic E-state index is 0.0297. The van der Waals surface area contributed by atoms with Gasteiger partial charge in [0.15, 0.2) is 0 Å². The van der Waals surface area contributed by atoms with Crippen LogP contribution in [0.2, 0.25) is 0 Å². The van der Waals surface area contributed by atoms with Gasteiger partial charge in [0, 0.05) is 0 Å². The first-order valence-electron chi connectivity index (χ1n) is 6.14. The third-order valence-corrected chi connectivity index (χ3v) is 2.96. The Balaban J connectivity index is 1.74. The molecule has 19 heavy (non-hydrogen) atoms. The number of nitrogens with one attached hydrogen (secondary N) is 1. The topological polar surface area (TPSA) is 69.0 Å². The zero-order valence-electron chi connectivity index (χ0n) is 10.3. The second-order valence-electron chi connectivity index (χ2n) is 4.47. The number of carbonyl (C=O) groups is 1. The SMILES string of the molecule is O=C1COC[C@H](Cc2cccc(-n3nccn3)c2)N1. The first kappa shape index (κ1) is 11.9. The molecule has 98 valence electrons. The second-order valence-corrected chi connectivity index (χ2v) is 4.47. The average Bonchev–Trinajstić information content (AvgIpc) is 2.93. The normalized spacial score (nSPS) is 19.2. The Labute approximate surface area is 110 Å². The van der Waals surface area contributed by atoms with Crippen molar-refractivity contribution < 1.29 is 9.53 Å². The van der Waals surface area contributed by atoms with Crippen molar-refractivity contribution in [1.29, 1.82) is 0 Å². The molecule has 0 unspecified atom stereocenters. The fourth-order valence-electron chi connectivity index (χ4n) is 2.16. The third kappa shape index (κ3) is 2.79. The van der Waals surface area contributed by atoms with Gasteiger partial charge in [-0.25, -0.2) is 0 Å². The molecular formula is C13H14N4O2. The Bertz CT molecular complexity index is 568. The molecule has 1 fully saturated rings. The van der Waals surface area contributed by atoms with E-state index in [2.05, 4.69) is 15.5 Å². The summed E-state index contributed by atoms with van der Waals surface area (Å²) in [5.74, 6) is -0.0545. The summed E-state index contributed by atoms with van der Waals surface area (Å²) in [5.41, 5.74) is 2.02. The first-order chi connectivity index (χ1) is 9.31. The largest absolute Gasteiger partial charge is 0.369 e. The predicted octanol–water partition coefficient (Wildman–Crippen LogP) is 0.325. The molecule has 1 aliphatic rings. The van der Waals surface area contributed by atoms with Crippen LogP contribution in [0.4, 0.5) is 0 Å². The van der Waals surface area contributed by atoms with Crippen molar-refractivity contribution in [2.24, 2.45) is 0 Å². The van der Waals surface area contributed by atoms with Crippen molar-refractivity contribution in [3.63, 3.8) is 0 Å². The molecule has 6 heteroatoms. The summed E-state index contributed by atoms with van der Waals surface area (Å²) in [4.78, 5) is 12.8. The Morgan fingerprint density at radius 2 is 2.21 bits per heavy atom. The number of carbonyl (C=O) groups excluding carboxylic acids is 1. The third-order valence-electron chi connectivity index (χ3n) is 2.96. The molecule has 1 amide bonds. The molecule has 2 heterocycles. The zero-order valence-corrected chi connectivity index (χ0v) is 10.3. The lowest BCUT2D eigenvalue weighted by molar-refractivity contribution is -0.131. The van der Waals surface area contributed by atoms with Gasteiger partial charge in [0.25, 0.3) is 0 Å². The summed E-state index contributed by atoms with van der Waals surface area (Å²) >= 11 is 0. The Kier molecular flexibility index (Phi) is 3.24. The number of benzene rings is 1. The van der Waals surface area contributed by atoms with Crippen LogP contribution in [0.25, 0.3) is 5.69 Å². The Morgan fingerprint density at radius 3 is 3.00 bits per heavy atom. The van der Waals surface area contributed by atoms with E-state index < -0.39 is 0 Å². The van der Waals surface area contributed by atoms with Gasteiger partial charge in [0.1, 0.15) is 6.61 Å². The average molecular weight is 258 g/mol. The van der Waals surface area contributed by atoms with Gasteiger partial charge >= 0.3 is 0 Å². The summed E-state index contributed by atoms with van der Waals surface area (Å²) in [6.07, 6.45) is 4.02. The molecule has 0 radical (unpaired) electrons. The molecule has 1 aromatic carbocycles. The molecule has 0 saturated carbocycles. The van der Waals surface area contributed by atoms with Gasteiger partial charge in [-0.3, -0.25) is 4.79 Å². The minimum Gasteiger partial charge on any atom is -0.369 e. The van der Waals surface area contributed by atoms with Gasteiger partial charge in [0.05, 0.1) is 30.7 Å². The number of nitrogens with zero attached hydrogens (tertiary/aromatic N) is 3. The van der Waals surface area contributed by atoms with Crippen LogP contribution in [-0.4, -0.2) is 40.2 Å². The quantitative estimate of drug-likeness (QED) is 0.861. The van der Waals surface area contributed by atoms with Crippen molar-refractivity contribution in [3.8, 4) is 5.69 Å². The van der Waals surface area contributed by atoms with Crippen LogP contribution < -0.4 is 5.32 Å². The summed E-state index contributed by atoms with van der Waals surface area (Å²) in [6, 6.07) is 7.97. The molecule has 1 aromatic heterocycles. The van der Waals surface area contributed by atoms with Gasteiger partial charge in [-0.1, -0.05) is 12.1 Å². The van der Waals surface area contributed by atoms with Crippen LogP contribution in [0.5, 0.6) is 0 Å². The van der Waals surface area contributed by atoms with Crippen LogP contribution in [0.15, 0.2) is 36.7 Å². The molecule has 6 nitrogen and oxygen atoms in total. The lowest BCUT2D eigenvalue weighted by atomic mass is 10.1. The molecule has 1 saturated heterocycles. The Morgan fingerprint density at radius 1 is 1.37 bits per heavy atom. The van der Waals surface area contributed by atoms with E-state index in [-0.39, 0.29) is 18.6 Å². The number of rotatable bonds is 3. The van der Waals surface area contributed by atoms with Crippen molar-refractivity contribution in [2.75, 3.05) is 13.2 Å². The molecule has 1 atom stereocenters. The van der Waals surface area contributed by atoms with Crippen LogP contribution in [-0.2, 0) is 16.0 Å². The van der Waals surface area contributed by atoms with Crippen LogP contribution >= 0.6 is 0 Å². The lowest BCUT2D eigenvalue weighted by Gasteiger charge is -2.23. The molecular weight excluding hydrogens is 244 g/mol. The first-order valence-corrected chi connectivity index (χ1v) is 6.14. The summed E-state index contributed by atoms with van der Waals surface area (Å²) in [7, 11) is 0. The van der Waals surface area contributed by atoms with Crippen molar-refractivity contribution in [1.82, 2.24) is 20.3 Å². The maximum Gasteiger partial charge on any atom is 0.246 e. The monoisotopic (exact) mass is 258 g/mol. The highest BCUT2D eigenvalue weighted by Crippen LogP contribution is 2.11. The van der Waals surface area contributed by atoms with Gasteiger partial charge < -0.3 is 10.1 Å². The molecule has 1 N–H and O–H groups in total. The van der Waals surface area contributed by atoms with Crippen molar-refractivity contribution in [3.05, 3.63) is 42.2 Å². The summed E-state index contributed by atoms with van der Waals surface area (Å²) in [6.45, 7) is 0.712. The number of ether oxygens (including phenoxy) is 1. The summed E-state index contributed by atoms with van der Waals surface area (Å²) in [5, 5.41) is 11.1. The molecule has 0 bridgehead atoms. The smallest absolute Gasteiger partial charge is 0.246 e. The number of hydrogen-bond acceptors (Lipinski definition) is 4. The van der Waals surface area contributed by atoms with E-state index in [0.29, 0.717) is 6.61 Å². The van der Waals surface area contributed by atoms with Crippen LogP contribution in [0.1, 0.15) is 5.56 Å². The molecule has 2 aromatic rings. The number of morpholine rings is 1. The van der Waals surface area contributed by atoms with Crippen molar-refractivity contribution >= 4 is 5.91 Å². The number of aromatic nitrogens is 3. The van der Waals surface area contributed by atoms with E-state index in [1.54, 1.807) is 17.2 Å². The fraction of sp³-hybridized carbons (Fsp3) is 0.308. The number of hydrogen-bond donors (Lipinski definition) is 1. The highest BCUT2D eigenvalue weighted by Gasteiger charge is 2.18. The number of amides is 1. The van der Waals surface area contributed by atoms with E-state index in [1.165, 1.54) is 0 Å². The van der Waals surface area contributed by atoms with E-state index in [0.717, 1.165) is 17.7 Å². The Hall–Kier alpha value is -2.21. The maximum absolute atomic E-state index is 11.3. The molecule has 0 spiro atoms. The second kappa shape index (κ2) is 5.19.